The van der Waals surface area contributed by atoms with Crippen LogP contribution in [0.25, 0.3) is 5.57 Å². The zero-order chi connectivity index (χ0) is 19.7. The minimum absolute atomic E-state index is 0.0609. The molecule has 1 saturated heterocycles. The minimum atomic E-state index is -0.492. The van der Waals surface area contributed by atoms with Crippen LogP contribution in [0.1, 0.15) is 24.1 Å². The van der Waals surface area contributed by atoms with E-state index < -0.39 is 10.8 Å². The maximum absolute atomic E-state index is 13.2. The van der Waals surface area contributed by atoms with Crippen LogP contribution in [0.2, 0.25) is 0 Å². The van der Waals surface area contributed by atoms with Crippen LogP contribution < -0.4 is 0 Å². The molecule has 0 N–H and O–H groups in total. The highest BCUT2D eigenvalue weighted by atomic mass is 16.6. The van der Waals surface area contributed by atoms with Crippen LogP contribution in [-0.2, 0) is 16.1 Å². The van der Waals surface area contributed by atoms with Gasteiger partial charge in [-0.1, -0.05) is 6.07 Å². The van der Waals surface area contributed by atoms with Crippen LogP contribution in [0, 0.1) is 10.1 Å². The van der Waals surface area contributed by atoms with Gasteiger partial charge in [0.25, 0.3) is 17.5 Å². The van der Waals surface area contributed by atoms with Crippen molar-refractivity contribution in [1.82, 2.24) is 14.8 Å². The van der Waals surface area contributed by atoms with Gasteiger partial charge in [0.15, 0.2) is 0 Å². The van der Waals surface area contributed by atoms with Crippen molar-refractivity contribution in [2.45, 2.75) is 19.4 Å². The van der Waals surface area contributed by atoms with Crippen molar-refractivity contribution in [3.05, 3.63) is 75.7 Å². The highest BCUT2D eigenvalue weighted by molar-refractivity contribution is 6.35. The summed E-state index contributed by atoms with van der Waals surface area (Å²) in [5.74, 6) is -0.739. The fourth-order valence-corrected chi connectivity index (χ4v) is 3.60. The maximum atomic E-state index is 13.2. The van der Waals surface area contributed by atoms with Gasteiger partial charge in [0.1, 0.15) is 5.70 Å². The molecule has 1 aromatic carbocycles. The predicted octanol–water partition coefficient (Wildman–Crippen LogP) is 2.37. The molecule has 0 saturated carbocycles. The quantitative estimate of drug-likeness (QED) is 0.450. The number of non-ortho nitro benzene ring substituents is 1. The Morgan fingerprint density at radius 2 is 1.71 bits per heavy atom. The van der Waals surface area contributed by atoms with Crippen molar-refractivity contribution >= 4 is 23.1 Å². The molecule has 2 amide bonds. The van der Waals surface area contributed by atoms with E-state index in [1.807, 2.05) is 4.90 Å². The first-order valence-corrected chi connectivity index (χ1v) is 9.06. The van der Waals surface area contributed by atoms with Crippen LogP contribution in [0.5, 0.6) is 0 Å². The van der Waals surface area contributed by atoms with Crippen molar-refractivity contribution in [2.75, 3.05) is 13.1 Å². The Morgan fingerprint density at radius 1 is 1.00 bits per heavy atom. The molecule has 3 heterocycles. The number of amides is 2. The lowest BCUT2D eigenvalue weighted by atomic mass is 10.0. The molecule has 28 heavy (non-hydrogen) atoms. The molecular weight excluding hydrogens is 360 g/mol. The number of nitrogens with zero attached hydrogens (tertiary/aromatic N) is 4. The Hall–Kier alpha value is -3.55. The number of hydrogen-bond donors (Lipinski definition) is 0. The summed E-state index contributed by atoms with van der Waals surface area (Å²) in [5, 5.41) is 10.9. The SMILES string of the molecule is O=C1C(c2ccc([N+](=O)[O-])cc2)=C(N2CCCC2)C(=O)N1Cc1ccccn1. The zero-order valence-corrected chi connectivity index (χ0v) is 15.1. The summed E-state index contributed by atoms with van der Waals surface area (Å²) in [7, 11) is 0. The van der Waals surface area contributed by atoms with Crippen LogP contribution in [-0.4, -0.2) is 44.6 Å². The molecule has 2 aromatic rings. The van der Waals surface area contributed by atoms with Crippen LogP contribution >= 0.6 is 0 Å². The number of hydrogen-bond acceptors (Lipinski definition) is 6. The number of pyridine rings is 1. The molecule has 8 heteroatoms. The van der Waals surface area contributed by atoms with Gasteiger partial charge in [0, 0.05) is 31.4 Å². The Morgan fingerprint density at radius 3 is 2.32 bits per heavy atom. The zero-order valence-electron chi connectivity index (χ0n) is 15.1. The van der Waals surface area contributed by atoms with Gasteiger partial charge in [-0.25, -0.2) is 0 Å². The normalized spacial score (nSPS) is 17.0. The van der Waals surface area contributed by atoms with E-state index in [0.29, 0.717) is 35.6 Å². The molecule has 4 rings (SSSR count). The van der Waals surface area contributed by atoms with Gasteiger partial charge in [-0.3, -0.25) is 29.6 Å². The van der Waals surface area contributed by atoms with Crippen LogP contribution in [0.15, 0.2) is 54.4 Å². The molecule has 2 aliphatic heterocycles. The Balaban J connectivity index is 1.73. The second-order valence-electron chi connectivity index (χ2n) is 6.74. The van der Waals surface area contributed by atoms with Gasteiger partial charge in [-0.15, -0.1) is 0 Å². The molecule has 0 aliphatic carbocycles. The number of imide groups is 1. The summed E-state index contributed by atoms with van der Waals surface area (Å²) in [4.78, 5) is 44.1. The first-order chi connectivity index (χ1) is 13.6. The number of likely N-dealkylation sites (tertiary alicyclic amines) is 1. The summed E-state index contributed by atoms with van der Waals surface area (Å²) in [6, 6.07) is 11.1. The van der Waals surface area contributed by atoms with Gasteiger partial charge >= 0.3 is 0 Å². The fraction of sp³-hybridized carbons (Fsp3) is 0.250. The van der Waals surface area contributed by atoms with E-state index in [4.69, 9.17) is 0 Å². The lowest BCUT2D eigenvalue weighted by molar-refractivity contribution is -0.384. The summed E-state index contributed by atoms with van der Waals surface area (Å²) < 4.78 is 0. The summed E-state index contributed by atoms with van der Waals surface area (Å²) >= 11 is 0. The molecule has 0 unspecified atom stereocenters. The van der Waals surface area contributed by atoms with E-state index in [-0.39, 0.29) is 18.1 Å². The largest absolute Gasteiger partial charge is 0.366 e. The number of aromatic nitrogens is 1. The fourth-order valence-electron chi connectivity index (χ4n) is 3.60. The molecular formula is C20H18N4O4. The van der Waals surface area contributed by atoms with Crippen LogP contribution in [0.3, 0.4) is 0 Å². The van der Waals surface area contributed by atoms with E-state index >= 15 is 0 Å². The summed E-state index contributed by atoms with van der Waals surface area (Å²) in [6.45, 7) is 1.51. The number of nitro benzene ring substituents is 1. The third kappa shape index (κ3) is 3.13. The molecule has 0 atom stereocenters. The minimum Gasteiger partial charge on any atom is -0.366 e. The molecule has 2 aliphatic rings. The monoisotopic (exact) mass is 378 g/mol. The molecule has 1 aromatic heterocycles. The lowest BCUT2D eigenvalue weighted by Gasteiger charge is -2.20. The first kappa shape index (κ1) is 17.8. The molecule has 0 bridgehead atoms. The summed E-state index contributed by atoms with van der Waals surface area (Å²) in [6.07, 6.45) is 3.53. The van der Waals surface area contributed by atoms with Gasteiger partial charge in [0.05, 0.1) is 22.7 Å². The van der Waals surface area contributed by atoms with Crippen molar-refractivity contribution in [3.63, 3.8) is 0 Å². The Bertz CT molecular complexity index is 963. The predicted molar refractivity (Wildman–Crippen MR) is 101 cm³/mol. The average Bonchev–Trinajstić information content (AvgIpc) is 3.31. The highest BCUT2D eigenvalue weighted by Crippen LogP contribution is 2.34. The van der Waals surface area contributed by atoms with E-state index in [2.05, 4.69) is 4.98 Å². The highest BCUT2D eigenvalue weighted by Gasteiger charge is 2.42. The lowest BCUT2D eigenvalue weighted by Crippen LogP contribution is -2.34. The molecule has 0 radical (unpaired) electrons. The van der Waals surface area contributed by atoms with Gasteiger partial charge in [0.2, 0.25) is 0 Å². The topological polar surface area (TPSA) is 96.6 Å². The van der Waals surface area contributed by atoms with Gasteiger partial charge in [-0.05, 0) is 42.7 Å². The van der Waals surface area contributed by atoms with Crippen LogP contribution in [0.4, 0.5) is 5.69 Å². The van der Waals surface area contributed by atoms with E-state index in [1.165, 1.54) is 29.2 Å². The van der Waals surface area contributed by atoms with Gasteiger partial charge in [-0.2, -0.15) is 0 Å². The number of benzene rings is 1. The average molecular weight is 378 g/mol. The Labute approximate surface area is 161 Å². The van der Waals surface area contributed by atoms with Crippen molar-refractivity contribution in [3.8, 4) is 0 Å². The molecule has 142 valence electrons. The second kappa shape index (κ2) is 7.22. The van der Waals surface area contributed by atoms with Crippen molar-refractivity contribution in [2.24, 2.45) is 0 Å². The third-order valence-corrected chi connectivity index (χ3v) is 4.98. The van der Waals surface area contributed by atoms with Gasteiger partial charge < -0.3 is 4.90 Å². The number of nitro groups is 1. The van der Waals surface area contributed by atoms with Crippen molar-refractivity contribution in [1.29, 1.82) is 0 Å². The number of rotatable bonds is 5. The smallest absolute Gasteiger partial charge is 0.278 e. The van der Waals surface area contributed by atoms with E-state index in [1.54, 1.807) is 24.4 Å². The molecule has 1 fully saturated rings. The second-order valence-corrected chi connectivity index (χ2v) is 6.74. The van der Waals surface area contributed by atoms with E-state index in [0.717, 1.165) is 12.8 Å². The number of carbonyl (C=O) groups excluding carboxylic acids is 2. The maximum Gasteiger partial charge on any atom is 0.278 e. The molecule has 0 spiro atoms. The first-order valence-electron chi connectivity index (χ1n) is 9.06. The van der Waals surface area contributed by atoms with E-state index in [9.17, 15) is 19.7 Å². The molecule has 8 nitrogen and oxygen atoms in total. The Kier molecular flexibility index (Phi) is 4.60. The van der Waals surface area contributed by atoms with Crippen molar-refractivity contribution < 1.29 is 14.5 Å². The number of carbonyl (C=O) groups is 2. The standard InChI is InChI=1S/C20H18N4O4/c25-19-17(14-6-8-16(9-7-14)24(27)28)18(22-11-3-4-12-22)20(26)23(19)13-15-5-1-2-10-21-15/h1-2,5-10H,3-4,11-13H2. The third-order valence-electron chi connectivity index (χ3n) is 4.98. The summed E-state index contributed by atoms with van der Waals surface area (Å²) in [5.41, 5.74) is 1.75.